The number of para-hydroxylation sites is 1. The van der Waals surface area contributed by atoms with Gasteiger partial charge >= 0.3 is 0 Å². The number of aromatic nitrogens is 3. The molecule has 4 nitrogen and oxygen atoms in total. The highest BCUT2D eigenvalue weighted by Crippen LogP contribution is 2.26. The van der Waals surface area contributed by atoms with E-state index in [9.17, 15) is 4.79 Å². The molecule has 2 aromatic carbocycles. The zero-order chi connectivity index (χ0) is 17.6. The minimum atomic E-state index is -0.114. The smallest absolute Gasteiger partial charge is 0.281 e. The van der Waals surface area contributed by atoms with Crippen molar-refractivity contribution in [3.05, 3.63) is 87.6 Å². The minimum Gasteiger partial charge on any atom is -0.317 e. The average molecular weight is 350 g/mol. The van der Waals surface area contributed by atoms with E-state index < -0.39 is 0 Å². The monoisotopic (exact) mass is 349 g/mol. The van der Waals surface area contributed by atoms with Crippen LogP contribution in [0, 0.1) is 13.8 Å². The number of benzene rings is 2. The molecule has 0 radical (unpaired) electrons. The van der Waals surface area contributed by atoms with Crippen LogP contribution < -0.4 is 5.56 Å². The third-order valence-electron chi connectivity index (χ3n) is 4.49. The van der Waals surface area contributed by atoms with Crippen molar-refractivity contribution in [3.63, 3.8) is 0 Å². The van der Waals surface area contributed by atoms with Crippen LogP contribution in [0.5, 0.6) is 0 Å². The molecule has 4 rings (SSSR count). The summed E-state index contributed by atoms with van der Waals surface area (Å²) in [6.45, 7) is 3.96. The van der Waals surface area contributed by atoms with Crippen LogP contribution >= 0.6 is 11.6 Å². The first-order valence-electron chi connectivity index (χ1n) is 7.99. The molecule has 0 aliphatic heterocycles. The third-order valence-corrected chi connectivity index (χ3v) is 4.74. The van der Waals surface area contributed by atoms with Gasteiger partial charge < -0.3 is 4.57 Å². The lowest BCUT2D eigenvalue weighted by molar-refractivity contribution is 0.821. The molecule has 4 aromatic rings. The molecule has 0 aliphatic rings. The molecule has 0 N–H and O–H groups in total. The van der Waals surface area contributed by atoms with Crippen LogP contribution in [-0.2, 0) is 0 Å². The number of halogens is 1. The Hall–Kier alpha value is -2.85. The van der Waals surface area contributed by atoms with Crippen molar-refractivity contribution in [1.29, 1.82) is 0 Å². The standard InChI is InChI=1S/C20H16ClN3O/c1-13-18-12-22-24(17-6-4-3-5-7-17)20(25)19(18)14(2)23(13)16-10-8-15(21)9-11-16/h3-12H,1-2H3. The van der Waals surface area contributed by atoms with E-state index in [4.69, 9.17) is 11.6 Å². The van der Waals surface area contributed by atoms with Gasteiger partial charge in [0.05, 0.1) is 17.3 Å². The van der Waals surface area contributed by atoms with Crippen molar-refractivity contribution in [2.75, 3.05) is 0 Å². The van der Waals surface area contributed by atoms with E-state index in [0.717, 1.165) is 28.1 Å². The van der Waals surface area contributed by atoms with Crippen LogP contribution in [0.15, 0.2) is 65.6 Å². The first-order chi connectivity index (χ1) is 12.1. The zero-order valence-electron chi connectivity index (χ0n) is 13.9. The summed E-state index contributed by atoms with van der Waals surface area (Å²) in [7, 11) is 0. The van der Waals surface area contributed by atoms with Gasteiger partial charge in [0.25, 0.3) is 5.56 Å². The van der Waals surface area contributed by atoms with Crippen molar-refractivity contribution >= 4 is 22.4 Å². The summed E-state index contributed by atoms with van der Waals surface area (Å²) in [5, 5.41) is 6.61. The molecule has 0 saturated heterocycles. The first kappa shape index (κ1) is 15.7. The molecule has 0 unspecified atom stereocenters. The maximum atomic E-state index is 13.1. The molecule has 0 amide bonds. The highest BCUT2D eigenvalue weighted by Gasteiger charge is 2.17. The van der Waals surface area contributed by atoms with Gasteiger partial charge in [0.15, 0.2) is 0 Å². The molecule has 2 heterocycles. The third kappa shape index (κ3) is 2.46. The van der Waals surface area contributed by atoms with Crippen LogP contribution in [0.2, 0.25) is 5.02 Å². The molecule has 2 aromatic heterocycles. The van der Waals surface area contributed by atoms with Gasteiger partial charge in [-0.1, -0.05) is 29.8 Å². The van der Waals surface area contributed by atoms with Gasteiger partial charge in [-0.05, 0) is 50.2 Å². The molecule has 0 atom stereocenters. The van der Waals surface area contributed by atoms with E-state index in [1.165, 1.54) is 4.68 Å². The highest BCUT2D eigenvalue weighted by atomic mass is 35.5. The molecular weight excluding hydrogens is 334 g/mol. The Bertz CT molecular complexity index is 1130. The minimum absolute atomic E-state index is 0.114. The number of fused-ring (bicyclic) bond motifs is 1. The van der Waals surface area contributed by atoms with Crippen molar-refractivity contribution in [3.8, 4) is 11.4 Å². The van der Waals surface area contributed by atoms with Crippen molar-refractivity contribution in [2.45, 2.75) is 13.8 Å². The Morgan fingerprint density at radius 3 is 2.24 bits per heavy atom. The van der Waals surface area contributed by atoms with Gasteiger partial charge in [0.1, 0.15) is 0 Å². The van der Waals surface area contributed by atoms with Crippen molar-refractivity contribution in [2.24, 2.45) is 0 Å². The quantitative estimate of drug-likeness (QED) is 0.536. The fourth-order valence-corrected chi connectivity index (χ4v) is 3.42. The van der Waals surface area contributed by atoms with Gasteiger partial charge in [-0.25, -0.2) is 0 Å². The highest BCUT2D eigenvalue weighted by molar-refractivity contribution is 6.30. The van der Waals surface area contributed by atoms with E-state index in [0.29, 0.717) is 10.4 Å². The van der Waals surface area contributed by atoms with Gasteiger partial charge in [-0.2, -0.15) is 9.78 Å². The lowest BCUT2D eigenvalue weighted by Crippen LogP contribution is -2.20. The summed E-state index contributed by atoms with van der Waals surface area (Å²) in [6.07, 6.45) is 1.76. The fraction of sp³-hybridized carbons (Fsp3) is 0.100. The van der Waals surface area contributed by atoms with Crippen LogP contribution in [0.25, 0.3) is 22.1 Å². The molecule has 0 bridgehead atoms. The topological polar surface area (TPSA) is 39.8 Å². The van der Waals surface area contributed by atoms with Crippen LogP contribution in [0.4, 0.5) is 0 Å². The number of aryl methyl sites for hydroxylation is 2. The molecule has 0 fully saturated rings. The fourth-order valence-electron chi connectivity index (χ4n) is 3.29. The lowest BCUT2D eigenvalue weighted by atomic mass is 10.2. The number of rotatable bonds is 2. The van der Waals surface area contributed by atoms with E-state index in [2.05, 4.69) is 9.67 Å². The molecule has 124 valence electrons. The van der Waals surface area contributed by atoms with Gasteiger partial charge in [-0.15, -0.1) is 0 Å². The SMILES string of the molecule is Cc1c2cnn(-c3ccccc3)c(=O)c2c(C)n1-c1ccc(Cl)cc1. The first-order valence-corrected chi connectivity index (χ1v) is 8.37. The predicted molar refractivity (Wildman–Crippen MR) is 101 cm³/mol. The van der Waals surface area contributed by atoms with E-state index in [1.807, 2.05) is 68.4 Å². The summed E-state index contributed by atoms with van der Waals surface area (Å²) in [5.41, 5.74) is 3.50. The van der Waals surface area contributed by atoms with Gasteiger partial charge in [0.2, 0.25) is 0 Å². The normalized spacial score (nSPS) is 11.2. The van der Waals surface area contributed by atoms with Crippen LogP contribution in [-0.4, -0.2) is 14.3 Å². The molecule has 25 heavy (non-hydrogen) atoms. The maximum absolute atomic E-state index is 13.1. The lowest BCUT2D eigenvalue weighted by Gasteiger charge is -2.09. The second-order valence-corrected chi connectivity index (χ2v) is 6.40. The number of hydrogen-bond donors (Lipinski definition) is 0. The number of nitrogens with zero attached hydrogens (tertiary/aromatic N) is 3. The summed E-state index contributed by atoms with van der Waals surface area (Å²) in [4.78, 5) is 13.1. The maximum Gasteiger partial charge on any atom is 0.281 e. The van der Waals surface area contributed by atoms with E-state index in [1.54, 1.807) is 6.20 Å². The zero-order valence-corrected chi connectivity index (χ0v) is 14.7. The summed E-state index contributed by atoms with van der Waals surface area (Å²) in [6, 6.07) is 17.0. The Labute approximate surface area is 149 Å². The van der Waals surface area contributed by atoms with E-state index >= 15 is 0 Å². The summed E-state index contributed by atoms with van der Waals surface area (Å²) in [5.74, 6) is 0. The number of hydrogen-bond acceptors (Lipinski definition) is 2. The predicted octanol–water partition coefficient (Wildman–Crippen LogP) is 4.45. The second kappa shape index (κ2) is 5.90. The summed E-state index contributed by atoms with van der Waals surface area (Å²) < 4.78 is 3.51. The largest absolute Gasteiger partial charge is 0.317 e. The van der Waals surface area contributed by atoms with Gasteiger partial charge in [0, 0.05) is 27.5 Å². The molecule has 0 spiro atoms. The molecule has 5 heteroatoms. The Balaban J connectivity index is 2.01. The molecule has 0 saturated carbocycles. The molecular formula is C20H16ClN3O. The Kier molecular flexibility index (Phi) is 3.70. The summed E-state index contributed by atoms with van der Waals surface area (Å²) >= 11 is 6.00. The van der Waals surface area contributed by atoms with Crippen LogP contribution in [0.3, 0.4) is 0 Å². The van der Waals surface area contributed by atoms with Crippen LogP contribution in [0.1, 0.15) is 11.4 Å². The second-order valence-electron chi connectivity index (χ2n) is 5.97. The van der Waals surface area contributed by atoms with E-state index in [-0.39, 0.29) is 5.56 Å². The average Bonchev–Trinajstić information content (AvgIpc) is 2.88. The molecule has 0 aliphatic carbocycles. The van der Waals surface area contributed by atoms with Gasteiger partial charge in [-0.3, -0.25) is 4.79 Å². The Morgan fingerprint density at radius 2 is 1.56 bits per heavy atom. The van der Waals surface area contributed by atoms with Crippen molar-refractivity contribution in [1.82, 2.24) is 14.3 Å². The Morgan fingerprint density at radius 1 is 0.880 bits per heavy atom. The van der Waals surface area contributed by atoms with Crippen molar-refractivity contribution < 1.29 is 0 Å².